The van der Waals surface area contributed by atoms with Crippen molar-refractivity contribution < 1.29 is 47.6 Å². The van der Waals surface area contributed by atoms with Crippen molar-refractivity contribution in [3.8, 4) is 35.3 Å². The highest BCUT2D eigenvalue weighted by Crippen LogP contribution is 2.35. The second kappa shape index (κ2) is 16.9. The predicted molar refractivity (Wildman–Crippen MR) is 184 cm³/mol. The number of aromatic nitrogens is 2. The minimum Gasteiger partial charge on any atom is -0.486 e. The van der Waals surface area contributed by atoms with Crippen LogP contribution in [0.3, 0.4) is 0 Å². The molecule has 0 atom stereocenters. The Hall–Kier alpha value is -6.94. The largest absolute Gasteiger partial charge is 0.486 e. The first-order valence-corrected chi connectivity index (χ1v) is 15.5. The van der Waals surface area contributed by atoms with Crippen LogP contribution in [0.25, 0.3) is 10.9 Å². The summed E-state index contributed by atoms with van der Waals surface area (Å²) >= 11 is 0. The van der Waals surface area contributed by atoms with E-state index in [1.54, 1.807) is 48.5 Å². The van der Waals surface area contributed by atoms with Crippen molar-refractivity contribution in [2.75, 3.05) is 31.7 Å². The molecule has 0 saturated carbocycles. The lowest BCUT2D eigenvalue weighted by Crippen LogP contribution is -2.16. The van der Waals surface area contributed by atoms with Gasteiger partial charge in [0.2, 0.25) is 0 Å². The molecule has 5 aromatic rings. The molecule has 0 aliphatic carbocycles. The van der Waals surface area contributed by atoms with E-state index in [1.165, 1.54) is 44.4 Å². The van der Waals surface area contributed by atoms with Gasteiger partial charge >= 0.3 is 23.9 Å². The van der Waals surface area contributed by atoms with Crippen molar-refractivity contribution in [2.45, 2.75) is 13.8 Å². The van der Waals surface area contributed by atoms with Crippen molar-refractivity contribution in [2.24, 2.45) is 0 Å². The van der Waals surface area contributed by atoms with E-state index in [-0.39, 0.29) is 60.6 Å². The van der Waals surface area contributed by atoms with Crippen LogP contribution >= 0.6 is 0 Å². The third-order valence-corrected chi connectivity index (χ3v) is 6.86. The van der Waals surface area contributed by atoms with E-state index < -0.39 is 23.9 Å². The zero-order valence-electron chi connectivity index (χ0n) is 27.5. The average molecular weight is 690 g/mol. The van der Waals surface area contributed by atoms with Gasteiger partial charge in [0.1, 0.15) is 61.2 Å². The molecule has 1 heterocycles. The Labute approximate surface area is 292 Å². The molecule has 0 saturated heterocycles. The summed E-state index contributed by atoms with van der Waals surface area (Å²) in [6.45, 7) is 1.96. The van der Waals surface area contributed by atoms with Crippen LogP contribution in [-0.4, -0.2) is 60.3 Å². The summed E-state index contributed by atoms with van der Waals surface area (Å²) in [5.74, 6) is 1.13. The van der Waals surface area contributed by atoms with Crippen molar-refractivity contribution in [1.29, 1.82) is 0 Å². The molecular weight excluding hydrogens is 658 g/mol. The number of carbonyl (C=O) groups is 4. The number of nitrogens with zero attached hydrogens (tertiary/aromatic N) is 2. The van der Waals surface area contributed by atoms with E-state index >= 15 is 0 Å². The number of anilines is 2. The molecule has 0 amide bonds. The molecule has 0 aliphatic heterocycles. The van der Waals surface area contributed by atoms with Gasteiger partial charge < -0.3 is 33.7 Å². The van der Waals surface area contributed by atoms with Gasteiger partial charge in [-0.15, -0.1) is 6.42 Å². The fourth-order valence-corrected chi connectivity index (χ4v) is 4.70. The Balaban J connectivity index is 1.32. The molecule has 13 nitrogen and oxygen atoms in total. The highest BCUT2D eigenvalue weighted by atomic mass is 16.6. The van der Waals surface area contributed by atoms with Crippen molar-refractivity contribution in [3.63, 3.8) is 0 Å². The number of esters is 4. The first-order chi connectivity index (χ1) is 24.7. The Kier molecular flexibility index (Phi) is 11.7. The molecule has 1 aromatic heterocycles. The van der Waals surface area contributed by atoms with Crippen LogP contribution in [0.4, 0.5) is 11.5 Å². The monoisotopic (exact) mass is 689 g/mol. The van der Waals surface area contributed by atoms with E-state index in [0.29, 0.717) is 28.0 Å². The van der Waals surface area contributed by atoms with Gasteiger partial charge in [-0.1, -0.05) is 36.3 Å². The van der Waals surface area contributed by atoms with E-state index in [0.717, 1.165) is 0 Å². The summed E-state index contributed by atoms with van der Waals surface area (Å²) < 4.78 is 32.9. The van der Waals surface area contributed by atoms with Gasteiger partial charge in [0.05, 0.1) is 5.52 Å². The van der Waals surface area contributed by atoms with Crippen molar-refractivity contribution >= 4 is 46.3 Å². The van der Waals surface area contributed by atoms with Crippen LogP contribution in [0.2, 0.25) is 0 Å². The fourth-order valence-electron chi connectivity index (χ4n) is 4.70. The first kappa shape index (κ1) is 35.4. The third-order valence-electron chi connectivity index (χ3n) is 6.86. The fraction of sp³-hybridized carbons (Fsp3) is 0.158. The maximum atomic E-state index is 12.8. The molecule has 1 N–H and O–H groups in total. The van der Waals surface area contributed by atoms with E-state index in [1.807, 2.05) is 12.1 Å². The predicted octanol–water partition coefficient (Wildman–Crippen LogP) is 5.68. The Morgan fingerprint density at radius 2 is 1.24 bits per heavy atom. The summed E-state index contributed by atoms with van der Waals surface area (Å²) in [7, 11) is 0. The molecule has 5 rings (SSSR count). The highest BCUT2D eigenvalue weighted by molar-refractivity contribution is 5.95. The SMILES string of the molecule is C#Cc1cccc(Nc2ncnc3cc(OCCOC(=O)c4ccccc4OC(C)=O)c(OCCOC(=O)c4ccccc4OC(C)=O)cc23)c1. The molecule has 4 aromatic carbocycles. The topological polar surface area (TPSA) is 161 Å². The zero-order chi connectivity index (χ0) is 36.2. The Morgan fingerprint density at radius 3 is 1.80 bits per heavy atom. The molecule has 0 radical (unpaired) electrons. The van der Waals surface area contributed by atoms with Crippen LogP contribution < -0.4 is 24.3 Å². The lowest BCUT2D eigenvalue weighted by atomic mass is 10.2. The second-order valence-corrected chi connectivity index (χ2v) is 10.5. The van der Waals surface area contributed by atoms with Gasteiger partial charge in [0, 0.05) is 36.6 Å². The number of terminal acetylenes is 1. The lowest BCUT2D eigenvalue weighted by molar-refractivity contribution is -0.132. The van der Waals surface area contributed by atoms with E-state index in [9.17, 15) is 19.2 Å². The summed E-state index contributed by atoms with van der Waals surface area (Å²) in [6.07, 6.45) is 6.95. The molecule has 0 fully saturated rings. The van der Waals surface area contributed by atoms with Gasteiger partial charge in [0.25, 0.3) is 0 Å². The molecule has 0 unspecified atom stereocenters. The number of para-hydroxylation sites is 2. The number of ether oxygens (including phenoxy) is 6. The summed E-state index contributed by atoms with van der Waals surface area (Å²) in [5, 5.41) is 3.82. The van der Waals surface area contributed by atoms with Crippen LogP contribution in [0.5, 0.6) is 23.0 Å². The normalized spacial score (nSPS) is 10.4. The summed E-state index contributed by atoms with van der Waals surface area (Å²) in [4.78, 5) is 57.2. The lowest BCUT2D eigenvalue weighted by Gasteiger charge is -2.16. The van der Waals surface area contributed by atoms with Crippen LogP contribution in [0, 0.1) is 12.3 Å². The quantitative estimate of drug-likeness (QED) is 0.0657. The van der Waals surface area contributed by atoms with Gasteiger partial charge in [-0.3, -0.25) is 9.59 Å². The molecule has 258 valence electrons. The van der Waals surface area contributed by atoms with E-state index in [4.69, 9.17) is 34.8 Å². The average Bonchev–Trinajstić information content (AvgIpc) is 3.12. The van der Waals surface area contributed by atoms with Crippen LogP contribution in [0.1, 0.15) is 40.1 Å². The maximum Gasteiger partial charge on any atom is 0.342 e. The van der Waals surface area contributed by atoms with Crippen LogP contribution in [0.15, 0.2) is 91.3 Å². The van der Waals surface area contributed by atoms with Gasteiger partial charge in [0.15, 0.2) is 11.5 Å². The zero-order valence-corrected chi connectivity index (χ0v) is 27.5. The molecule has 0 spiro atoms. The molecular formula is C38H31N3O10. The molecule has 13 heteroatoms. The van der Waals surface area contributed by atoms with Crippen molar-refractivity contribution in [1.82, 2.24) is 9.97 Å². The number of carbonyl (C=O) groups excluding carboxylic acids is 4. The number of fused-ring (bicyclic) bond motifs is 1. The first-order valence-electron chi connectivity index (χ1n) is 15.5. The number of benzene rings is 4. The van der Waals surface area contributed by atoms with Gasteiger partial charge in [-0.05, 0) is 48.5 Å². The third kappa shape index (κ3) is 9.58. The smallest absolute Gasteiger partial charge is 0.342 e. The molecule has 51 heavy (non-hydrogen) atoms. The number of nitrogens with one attached hydrogen (secondary N) is 1. The molecule has 0 aliphatic rings. The Morgan fingerprint density at radius 1 is 0.667 bits per heavy atom. The maximum absolute atomic E-state index is 12.8. The number of hydrogen-bond acceptors (Lipinski definition) is 13. The highest BCUT2D eigenvalue weighted by Gasteiger charge is 2.18. The van der Waals surface area contributed by atoms with Crippen LogP contribution in [-0.2, 0) is 19.1 Å². The number of rotatable bonds is 14. The van der Waals surface area contributed by atoms with Gasteiger partial charge in [-0.25, -0.2) is 19.6 Å². The second-order valence-electron chi connectivity index (χ2n) is 10.5. The Bertz CT molecular complexity index is 2130. The number of hydrogen-bond donors (Lipinski definition) is 1. The minimum absolute atomic E-state index is 0.0736. The van der Waals surface area contributed by atoms with E-state index in [2.05, 4.69) is 21.2 Å². The minimum atomic E-state index is -0.711. The van der Waals surface area contributed by atoms with Crippen molar-refractivity contribution in [3.05, 3.63) is 108 Å². The summed E-state index contributed by atoms with van der Waals surface area (Å²) in [5.41, 5.74) is 2.04. The van der Waals surface area contributed by atoms with Gasteiger partial charge in [-0.2, -0.15) is 0 Å². The summed E-state index contributed by atoms with van der Waals surface area (Å²) in [6, 6.07) is 23.0. The standard InChI is InChI=1S/C38H31N3O10/c1-4-26-10-9-11-27(20-26)41-36-30-21-34(46-16-18-48-37(44)28-12-5-7-14-32(28)50-24(2)42)35(22-31(30)39-23-40-36)47-17-19-49-38(45)29-13-6-8-15-33(29)51-25(3)43/h1,5-15,20-23H,16-19H2,2-3H3,(H,39,40,41). The molecule has 0 bridgehead atoms.